The largest absolute Gasteiger partial charge is 0.380 e. The third-order valence-corrected chi connectivity index (χ3v) is 2.93. The van der Waals surface area contributed by atoms with Crippen molar-refractivity contribution in [3.8, 4) is 0 Å². The molecule has 0 fully saturated rings. The van der Waals surface area contributed by atoms with Crippen molar-refractivity contribution in [2.75, 3.05) is 46.9 Å². The van der Waals surface area contributed by atoms with E-state index in [2.05, 4.69) is 31.1 Å². The average Bonchev–Trinajstić information content (AvgIpc) is 2.18. The fourth-order valence-corrected chi connectivity index (χ4v) is 2.35. The maximum atomic E-state index is 5.38. The predicted octanol–water partition coefficient (Wildman–Crippen LogP) is 1.98. The molecule has 0 aromatic rings. The van der Waals surface area contributed by atoms with Crippen LogP contribution >= 0.6 is 0 Å². The number of nitrogens with zero attached hydrogens (tertiary/aromatic N) is 1. The Labute approximate surface area is 102 Å². The summed E-state index contributed by atoms with van der Waals surface area (Å²) in [6.07, 6.45) is 2.52. The molecule has 0 aliphatic carbocycles. The lowest BCUT2D eigenvalue weighted by Gasteiger charge is -2.33. The molecule has 0 radical (unpaired) electrons. The highest BCUT2D eigenvalue weighted by Gasteiger charge is 2.23. The van der Waals surface area contributed by atoms with Crippen molar-refractivity contribution in [3.05, 3.63) is 0 Å². The summed E-state index contributed by atoms with van der Waals surface area (Å²) in [7, 11) is 4.22. The third-order valence-electron chi connectivity index (χ3n) is 2.93. The summed E-state index contributed by atoms with van der Waals surface area (Å²) in [6, 6.07) is 0. The highest BCUT2D eigenvalue weighted by molar-refractivity contribution is 4.79. The van der Waals surface area contributed by atoms with Gasteiger partial charge < -0.3 is 15.0 Å². The van der Waals surface area contributed by atoms with Gasteiger partial charge in [-0.25, -0.2) is 0 Å². The van der Waals surface area contributed by atoms with Crippen molar-refractivity contribution in [2.45, 2.75) is 33.6 Å². The van der Waals surface area contributed by atoms with E-state index >= 15 is 0 Å². The summed E-state index contributed by atoms with van der Waals surface area (Å²) in [4.78, 5) is 2.38. The van der Waals surface area contributed by atoms with Crippen LogP contribution in [0.15, 0.2) is 0 Å². The van der Waals surface area contributed by atoms with Gasteiger partial charge in [-0.3, -0.25) is 0 Å². The monoisotopic (exact) mass is 230 g/mol. The van der Waals surface area contributed by atoms with Crippen LogP contribution < -0.4 is 5.32 Å². The first-order valence-corrected chi connectivity index (χ1v) is 6.49. The second-order valence-corrected chi connectivity index (χ2v) is 5.03. The van der Waals surface area contributed by atoms with Crippen LogP contribution in [-0.2, 0) is 4.74 Å². The van der Waals surface area contributed by atoms with Crippen LogP contribution in [0.2, 0.25) is 0 Å². The molecule has 0 bridgehead atoms. The molecule has 1 unspecified atom stereocenters. The van der Waals surface area contributed by atoms with Crippen molar-refractivity contribution >= 4 is 0 Å². The smallest absolute Gasteiger partial charge is 0.0593 e. The lowest BCUT2D eigenvalue weighted by atomic mass is 9.85. The first kappa shape index (κ1) is 15.9. The molecular weight excluding hydrogens is 200 g/mol. The zero-order chi connectivity index (χ0) is 12.4. The molecule has 0 aliphatic rings. The zero-order valence-corrected chi connectivity index (χ0v) is 11.8. The number of nitrogens with one attached hydrogen (secondary N) is 1. The first-order chi connectivity index (χ1) is 7.58. The summed E-state index contributed by atoms with van der Waals surface area (Å²) < 4.78 is 5.38. The Bertz CT molecular complexity index is 156. The van der Waals surface area contributed by atoms with Crippen LogP contribution in [0.1, 0.15) is 33.6 Å². The van der Waals surface area contributed by atoms with Gasteiger partial charge in [0.2, 0.25) is 0 Å². The molecule has 0 spiro atoms. The molecule has 16 heavy (non-hydrogen) atoms. The summed E-state index contributed by atoms with van der Waals surface area (Å²) in [5.74, 6) is 0. The lowest BCUT2D eigenvalue weighted by Crippen LogP contribution is -2.41. The van der Waals surface area contributed by atoms with Gasteiger partial charge in [-0.15, -0.1) is 0 Å². The molecule has 0 aromatic heterocycles. The highest BCUT2D eigenvalue weighted by Crippen LogP contribution is 2.23. The van der Waals surface area contributed by atoms with Crippen LogP contribution in [0.25, 0.3) is 0 Å². The van der Waals surface area contributed by atoms with E-state index in [0.29, 0.717) is 5.41 Å². The summed E-state index contributed by atoms with van der Waals surface area (Å²) in [5, 5.41) is 3.31. The standard InChI is InChI=1S/C13H30N2O/c1-6-8-13(3,11-14-4)12-15(5)9-10-16-7-2/h14H,6-12H2,1-5H3. The van der Waals surface area contributed by atoms with Gasteiger partial charge in [0.1, 0.15) is 0 Å². The molecule has 0 saturated heterocycles. The summed E-state index contributed by atoms with van der Waals surface area (Å²) >= 11 is 0. The first-order valence-electron chi connectivity index (χ1n) is 6.49. The van der Waals surface area contributed by atoms with Crippen molar-refractivity contribution in [3.63, 3.8) is 0 Å². The molecule has 0 amide bonds. The van der Waals surface area contributed by atoms with Crippen molar-refractivity contribution in [1.29, 1.82) is 0 Å². The maximum absolute atomic E-state index is 5.38. The average molecular weight is 230 g/mol. The molecule has 3 heteroatoms. The molecule has 0 aromatic carbocycles. The zero-order valence-electron chi connectivity index (χ0n) is 11.8. The van der Waals surface area contributed by atoms with Gasteiger partial charge in [0.25, 0.3) is 0 Å². The minimum Gasteiger partial charge on any atom is -0.380 e. The van der Waals surface area contributed by atoms with Crippen molar-refractivity contribution < 1.29 is 4.74 Å². The van der Waals surface area contributed by atoms with E-state index in [0.717, 1.165) is 32.8 Å². The second-order valence-electron chi connectivity index (χ2n) is 5.03. The van der Waals surface area contributed by atoms with Gasteiger partial charge in [-0.1, -0.05) is 20.3 Å². The normalized spacial score (nSPS) is 15.4. The topological polar surface area (TPSA) is 24.5 Å². The molecule has 1 N–H and O–H groups in total. The van der Waals surface area contributed by atoms with Crippen LogP contribution in [0.5, 0.6) is 0 Å². The molecule has 0 rings (SSSR count). The van der Waals surface area contributed by atoms with Crippen LogP contribution in [0.3, 0.4) is 0 Å². The van der Waals surface area contributed by atoms with E-state index in [1.54, 1.807) is 0 Å². The van der Waals surface area contributed by atoms with Crippen molar-refractivity contribution in [2.24, 2.45) is 5.41 Å². The Morgan fingerprint density at radius 3 is 2.50 bits per heavy atom. The van der Waals surface area contributed by atoms with Crippen molar-refractivity contribution in [1.82, 2.24) is 10.2 Å². The summed E-state index contributed by atoms with van der Waals surface area (Å²) in [6.45, 7) is 11.6. The second kappa shape index (κ2) is 8.97. The minimum absolute atomic E-state index is 0.379. The molecule has 98 valence electrons. The molecule has 0 saturated carbocycles. The SMILES string of the molecule is CCCC(C)(CNC)CN(C)CCOCC. The van der Waals surface area contributed by atoms with E-state index in [9.17, 15) is 0 Å². The van der Waals surface area contributed by atoms with Gasteiger partial charge in [0, 0.05) is 26.2 Å². The maximum Gasteiger partial charge on any atom is 0.0593 e. The van der Waals surface area contributed by atoms with E-state index in [-0.39, 0.29) is 0 Å². The number of hydrogen-bond acceptors (Lipinski definition) is 3. The van der Waals surface area contributed by atoms with Gasteiger partial charge in [-0.2, -0.15) is 0 Å². The van der Waals surface area contributed by atoms with Gasteiger partial charge in [0.05, 0.1) is 6.61 Å². The Hall–Kier alpha value is -0.120. The lowest BCUT2D eigenvalue weighted by molar-refractivity contribution is 0.101. The molecule has 0 aliphatic heterocycles. The Kier molecular flexibility index (Phi) is 8.90. The third kappa shape index (κ3) is 7.20. The van der Waals surface area contributed by atoms with E-state index < -0.39 is 0 Å². The number of likely N-dealkylation sites (N-methyl/N-ethyl adjacent to an activating group) is 1. The molecular formula is C13H30N2O. The molecule has 0 heterocycles. The van der Waals surface area contributed by atoms with E-state index in [1.165, 1.54) is 12.8 Å². The van der Waals surface area contributed by atoms with Crippen LogP contribution in [0.4, 0.5) is 0 Å². The van der Waals surface area contributed by atoms with E-state index in [1.807, 2.05) is 14.0 Å². The van der Waals surface area contributed by atoms with E-state index in [4.69, 9.17) is 4.74 Å². The summed E-state index contributed by atoms with van der Waals surface area (Å²) in [5.41, 5.74) is 0.379. The number of ether oxygens (including phenoxy) is 1. The fraction of sp³-hybridized carbons (Fsp3) is 1.00. The Morgan fingerprint density at radius 1 is 1.31 bits per heavy atom. The fourth-order valence-electron chi connectivity index (χ4n) is 2.35. The number of hydrogen-bond donors (Lipinski definition) is 1. The molecule has 3 nitrogen and oxygen atoms in total. The predicted molar refractivity (Wildman–Crippen MR) is 70.9 cm³/mol. The molecule has 1 atom stereocenters. The number of rotatable bonds is 10. The quantitative estimate of drug-likeness (QED) is 0.581. The Morgan fingerprint density at radius 2 is 2.00 bits per heavy atom. The van der Waals surface area contributed by atoms with Gasteiger partial charge in [0.15, 0.2) is 0 Å². The van der Waals surface area contributed by atoms with Gasteiger partial charge >= 0.3 is 0 Å². The van der Waals surface area contributed by atoms with Gasteiger partial charge in [-0.05, 0) is 32.9 Å². The van der Waals surface area contributed by atoms with Crippen LogP contribution in [-0.4, -0.2) is 51.8 Å². The highest BCUT2D eigenvalue weighted by atomic mass is 16.5. The van der Waals surface area contributed by atoms with Crippen LogP contribution in [0, 0.1) is 5.41 Å². The minimum atomic E-state index is 0.379. The Balaban J connectivity index is 3.96.